The first-order chi connectivity index (χ1) is 9.10. The number of benzene rings is 1. The largest absolute Gasteiger partial charge is 0.483 e. The maximum atomic E-state index is 5.95. The highest BCUT2D eigenvalue weighted by atomic mass is 35.5. The van der Waals surface area contributed by atoms with Crippen molar-refractivity contribution in [2.45, 2.75) is 32.9 Å². The fourth-order valence-electron chi connectivity index (χ4n) is 1.64. The molecule has 1 atom stereocenters. The zero-order chi connectivity index (χ0) is 13.8. The fourth-order valence-corrected chi connectivity index (χ4v) is 1.82. The second-order valence-corrected chi connectivity index (χ2v) is 4.64. The van der Waals surface area contributed by atoms with E-state index in [4.69, 9.17) is 26.5 Å². The van der Waals surface area contributed by atoms with Gasteiger partial charge >= 0.3 is 0 Å². The van der Waals surface area contributed by atoms with Crippen LogP contribution in [0.5, 0.6) is 5.75 Å². The average Bonchev–Trinajstić information content (AvgIpc) is 2.85. The zero-order valence-electron chi connectivity index (χ0n) is 10.9. The van der Waals surface area contributed by atoms with E-state index in [9.17, 15) is 0 Å². The Morgan fingerprint density at radius 2 is 2.11 bits per heavy atom. The van der Waals surface area contributed by atoms with E-state index in [-0.39, 0.29) is 12.6 Å². The molecule has 1 aromatic carbocycles. The molecule has 0 saturated carbocycles. The molecule has 0 amide bonds. The van der Waals surface area contributed by atoms with Crippen molar-refractivity contribution in [3.63, 3.8) is 0 Å². The summed E-state index contributed by atoms with van der Waals surface area (Å²) in [7, 11) is 0. The Morgan fingerprint density at radius 1 is 1.37 bits per heavy atom. The summed E-state index contributed by atoms with van der Waals surface area (Å²) in [5.74, 6) is 1.72. The van der Waals surface area contributed by atoms with Crippen LogP contribution >= 0.6 is 11.6 Å². The van der Waals surface area contributed by atoms with Crippen LogP contribution in [0.25, 0.3) is 0 Å². The van der Waals surface area contributed by atoms with Gasteiger partial charge in [0.25, 0.3) is 5.89 Å². The van der Waals surface area contributed by atoms with Crippen molar-refractivity contribution in [1.82, 2.24) is 10.2 Å². The van der Waals surface area contributed by atoms with Crippen molar-refractivity contribution in [1.29, 1.82) is 0 Å². The number of rotatable bonds is 5. The quantitative estimate of drug-likeness (QED) is 0.912. The van der Waals surface area contributed by atoms with Gasteiger partial charge in [-0.2, -0.15) is 0 Å². The number of ether oxygens (including phenoxy) is 1. The van der Waals surface area contributed by atoms with Crippen LogP contribution in [0.1, 0.15) is 37.2 Å². The second kappa shape index (κ2) is 6.04. The van der Waals surface area contributed by atoms with Gasteiger partial charge in [0.15, 0.2) is 6.61 Å². The number of aromatic nitrogens is 2. The van der Waals surface area contributed by atoms with Gasteiger partial charge < -0.3 is 14.9 Å². The van der Waals surface area contributed by atoms with E-state index in [0.717, 1.165) is 5.56 Å². The number of nitrogens with two attached hydrogens (primary N) is 1. The predicted octanol–water partition coefficient (Wildman–Crippen LogP) is 2.88. The zero-order valence-corrected chi connectivity index (χ0v) is 11.6. The average molecular weight is 282 g/mol. The Hall–Kier alpha value is -1.59. The SMILES string of the molecule is CCc1nnc(COc2ccc(Cl)cc2[C@H](C)N)o1. The van der Waals surface area contributed by atoms with E-state index in [2.05, 4.69) is 10.2 Å². The molecule has 2 rings (SSSR count). The van der Waals surface area contributed by atoms with E-state index >= 15 is 0 Å². The molecule has 5 nitrogen and oxygen atoms in total. The molecule has 19 heavy (non-hydrogen) atoms. The van der Waals surface area contributed by atoms with Gasteiger partial charge in [0.2, 0.25) is 5.89 Å². The molecule has 0 bridgehead atoms. The minimum atomic E-state index is -0.164. The van der Waals surface area contributed by atoms with Gasteiger partial charge in [-0.15, -0.1) is 10.2 Å². The molecule has 0 unspecified atom stereocenters. The minimum Gasteiger partial charge on any atom is -0.483 e. The van der Waals surface area contributed by atoms with Crippen molar-refractivity contribution < 1.29 is 9.15 Å². The monoisotopic (exact) mass is 281 g/mol. The Labute approximate surface area is 116 Å². The third-order valence-electron chi connectivity index (χ3n) is 2.62. The van der Waals surface area contributed by atoms with Gasteiger partial charge in [-0.1, -0.05) is 18.5 Å². The minimum absolute atomic E-state index is 0.164. The molecule has 1 aromatic heterocycles. The highest BCUT2D eigenvalue weighted by molar-refractivity contribution is 6.30. The lowest BCUT2D eigenvalue weighted by Gasteiger charge is -2.13. The lowest BCUT2D eigenvalue weighted by atomic mass is 10.1. The smallest absolute Gasteiger partial charge is 0.253 e. The lowest BCUT2D eigenvalue weighted by Crippen LogP contribution is -2.08. The highest BCUT2D eigenvalue weighted by Crippen LogP contribution is 2.27. The molecule has 0 aliphatic rings. The number of aryl methyl sites for hydroxylation is 1. The molecule has 0 aliphatic carbocycles. The molecular weight excluding hydrogens is 266 g/mol. The topological polar surface area (TPSA) is 74.2 Å². The van der Waals surface area contributed by atoms with E-state index in [1.54, 1.807) is 18.2 Å². The molecule has 0 aliphatic heterocycles. The maximum absolute atomic E-state index is 5.95. The standard InChI is InChI=1S/C13H16ClN3O2/c1-3-12-16-17-13(19-12)7-18-11-5-4-9(14)6-10(11)8(2)15/h4-6,8H,3,7,15H2,1-2H3/t8-/m0/s1. The van der Waals surface area contributed by atoms with E-state index in [0.29, 0.717) is 29.0 Å². The summed E-state index contributed by atoms with van der Waals surface area (Å²) in [5.41, 5.74) is 6.74. The summed E-state index contributed by atoms with van der Waals surface area (Å²) in [6.45, 7) is 4.04. The van der Waals surface area contributed by atoms with Crippen LogP contribution in [0.3, 0.4) is 0 Å². The Balaban J connectivity index is 2.10. The summed E-state index contributed by atoms with van der Waals surface area (Å²) in [5, 5.41) is 8.40. The van der Waals surface area contributed by atoms with Crippen molar-refractivity contribution >= 4 is 11.6 Å². The van der Waals surface area contributed by atoms with Crippen LogP contribution in [0.4, 0.5) is 0 Å². The van der Waals surface area contributed by atoms with Crippen molar-refractivity contribution in [2.24, 2.45) is 5.73 Å². The van der Waals surface area contributed by atoms with Crippen molar-refractivity contribution in [3.8, 4) is 5.75 Å². The summed E-state index contributed by atoms with van der Waals surface area (Å²) in [6.07, 6.45) is 0.707. The van der Waals surface area contributed by atoms with Crippen molar-refractivity contribution in [2.75, 3.05) is 0 Å². The van der Waals surface area contributed by atoms with Gasteiger partial charge in [-0.25, -0.2) is 0 Å². The Bertz CT molecular complexity index is 555. The normalized spacial score (nSPS) is 12.4. The van der Waals surface area contributed by atoms with Gasteiger partial charge in [-0.3, -0.25) is 0 Å². The van der Waals surface area contributed by atoms with Crippen LogP contribution in [-0.4, -0.2) is 10.2 Å². The Morgan fingerprint density at radius 3 is 2.74 bits per heavy atom. The first-order valence-corrected chi connectivity index (χ1v) is 6.47. The van der Waals surface area contributed by atoms with Crippen LogP contribution < -0.4 is 10.5 Å². The molecule has 0 spiro atoms. The number of halogens is 1. The molecule has 6 heteroatoms. The first-order valence-electron chi connectivity index (χ1n) is 6.09. The molecule has 0 saturated heterocycles. The molecule has 1 heterocycles. The van der Waals surface area contributed by atoms with Crippen molar-refractivity contribution in [3.05, 3.63) is 40.6 Å². The second-order valence-electron chi connectivity index (χ2n) is 4.20. The number of nitrogens with zero attached hydrogens (tertiary/aromatic N) is 2. The van der Waals surface area contributed by atoms with Gasteiger partial charge in [0.1, 0.15) is 5.75 Å². The Kier molecular flexibility index (Phi) is 4.39. The summed E-state index contributed by atoms with van der Waals surface area (Å²) < 4.78 is 11.0. The number of hydrogen-bond acceptors (Lipinski definition) is 5. The number of hydrogen-bond donors (Lipinski definition) is 1. The van der Waals surface area contributed by atoms with E-state index in [1.807, 2.05) is 13.8 Å². The fraction of sp³-hybridized carbons (Fsp3) is 0.385. The molecule has 2 aromatic rings. The summed E-state index contributed by atoms with van der Waals surface area (Å²) in [4.78, 5) is 0. The van der Waals surface area contributed by atoms with Gasteiger partial charge in [0, 0.05) is 23.0 Å². The van der Waals surface area contributed by atoms with E-state index in [1.165, 1.54) is 0 Å². The highest BCUT2D eigenvalue weighted by Gasteiger charge is 2.11. The molecular formula is C13H16ClN3O2. The van der Waals surface area contributed by atoms with Crippen LogP contribution in [0, 0.1) is 0 Å². The molecule has 0 radical (unpaired) electrons. The van der Waals surface area contributed by atoms with Gasteiger partial charge in [-0.05, 0) is 25.1 Å². The molecule has 2 N–H and O–H groups in total. The van der Waals surface area contributed by atoms with Crippen LogP contribution in [0.15, 0.2) is 22.6 Å². The first kappa shape index (κ1) is 13.8. The van der Waals surface area contributed by atoms with E-state index < -0.39 is 0 Å². The van der Waals surface area contributed by atoms with Crippen LogP contribution in [-0.2, 0) is 13.0 Å². The summed E-state index contributed by atoms with van der Waals surface area (Å²) in [6, 6.07) is 5.18. The molecule has 102 valence electrons. The molecule has 0 fully saturated rings. The maximum Gasteiger partial charge on any atom is 0.253 e. The van der Waals surface area contributed by atoms with Gasteiger partial charge in [0.05, 0.1) is 0 Å². The van der Waals surface area contributed by atoms with Crippen LogP contribution in [0.2, 0.25) is 5.02 Å². The predicted molar refractivity (Wildman–Crippen MR) is 72.1 cm³/mol. The summed E-state index contributed by atoms with van der Waals surface area (Å²) >= 11 is 5.95. The third kappa shape index (κ3) is 3.45. The lowest BCUT2D eigenvalue weighted by molar-refractivity contribution is 0.256. The third-order valence-corrected chi connectivity index (χ3v) is 2.86.